The number of aliphatic hydroxyl groups excluding tert-OH is 1. The minimum absolute atomic E-state index is 0.0576. The molecular weight excluding hydrogens is 458 g/mol. The SMILES string of the molecule is COCCCN1C(=O)C(=O)/C(=C(/O)c2ccc3c(c2)CC(C)O3)C1c1cccc(OCCC(C)C)c1. The monoisotopic (exact) mass is 493 g/mol. The van der Waals surface area contributed by atoms with Crippen molar-refractivity contribution in [3.63, 3.8) is 0 Å². The number of likely N-dealkylation sites (tertiary alicyclic amines) is 1. The third kappa shape index (κ3) is 5.41. The molecule has 2 aromatic carbocycles. The van der Waals surface area contributed by atoms with Crippen LogP contribution in [0.1, 0.15) is 56.3 Å². The molecule has 0 aromatic heterocycles. The molecule has 0 aliphatic carbocycles. The highest BCUT2D eigenvalue weighted by molar-refractivity contribution is 6.46. The largest absolute Gasteiger partial charge is 0.507 e. The van der Waals surface area contributed by atoms with Crippen LogP contribution in [0.3, 0.4) is 0 Å². The highest BCUT2D eigenvalue weighted by atomic mass is 16.5. The van der Waals surface area contributed by atoms with Crippen molar-refractivity contribution in [1.29, 1.82) is 0 Å². The molecule has 1 amide bonds. The first kappa shape index (κ1) is 25.8. The van der Waals surface area contributed by atoms with Crippen LogP contribution in [0.4, 0.5) is 0 Å². The summed E-state index contributed by atoms with van der Waals surface area (Å²) in [6, 6.07) is 12.1. The van der Waals surface area contributed by atoms with Gasteiger partial charge in [-0.25, -0.2) is 0 Å². The summed E-state index contributed by atoms with van der Waals surface area (Å²) in [6.45, 7) is 7.62. The number of hydrogen-bond acceptors (Lipinski definition) is 6. The average Bonchev–Trinajstić information content (AvgIpc) is 3.34. The highest BCUT2D eigenvalue weighted by Gasteiger charge is 2.46. The Morgan fingerprint density at radius 3 is 2.72 bits per heavy atom. The molecule has 1 N–H and O–H groups in total. The van der Waals surface area contributed by atoms with Gasteiger partial charge < -0.3 is 24.2 Å². The van der Waals surface area contributed by atoms with Crippen molar-refractivity contribution in [2.45, 2.75) is 52.2 Å². The van der Waals surface area contributed by atoms with Gasteiger partial charge in [0.25, 0.3) is 11.7 Å². The van der Waals surface area contributed by atoms with Gasteiger partial charge in [-0.15, -0.1) is 0 Å². The first-order chi connectivity index (χ1) is 17.3. The summed E-state index contributed by atoms with van der Waals surface area (Å²) in [5.41, 5.74) is 2.27. The molecule has 36 heavy (non-hydrogen) atoms. The molecule has 2 aromatic rings. The van der Waals surface area contributed by atoms with Crippen LogP contribution < -0.4 is 9.47 Å². The maximum Gasteiger partial charge on any atom is 0.295 e. The number of amides is 1. The molecule has 2 atom stereocenters. The molecule has 1 saturated heterocycles. The first-order valence-electron chi connectivity index (χ1n) is 12.6. The number of hydrogen-bond donors (Lipinski definition) is 1. The molecule has 2 aliphatic rings. The summed E-state index contributed by atoms with van der Waals surface area (Å²) >= 11 is 0. The minimum Gasteiger partial charge on any atom is -0.507 e. The van der Waals surface area contributed by atoms with E-state index >= 15 is 0 Å². The summed E-state index contributed by atoms with van der Waals surface area (Å²) in [7, 11) is 1.60. The number of benzene rings is 2. The van der Waals surface area contributed by atoms with Gasteiger partial charge in [0.2, 0.25) is 0 Å². The topological polar surface area (TPSA) is 85.3 Å². The average molecular weight is 494 g/mol. The van der Waals surface area contributed by atoms with E-state index in [0.29, 0.717) is 49.0 Å². The maximum atomic E-state index is 13.3. The Bertz CT molecular complexity index is 1150. The van der Waals surface area contributed by atoms with Gasteiger partial charge in [0.15, 0.2) is 0 Å². The van der Waals surface area contributed by atoms with E-state index in [2.05, 4.69) is 13.8 Å². The summed E-state index contributed by atoms with van der Waals surface area (Å²) in [6.07, 6.45) is 2.27. The van der Waals surface area contributed by atoms with Gasteiger partial charge in [-0.05, 0) is 67.1 Å². The van der Waals surface area contributed by atoms with E-state index in [1.807, 2.05) is 37.3 Å². The lowest BCUT2D eigenvalue weighted by Crippen LogP contribution is -2.31. The number of nitrogens with zero attached hydrogens (tertiary/aromatic N) is 1. The predicted molar refractivity (Wildman–Crippen MR) is 137 cm³/mol. The molecule has 7 heteroatoms. The quantitative estimate of drug-likeness (QED) is 0.219. The van der Waals surface area contributed by atoms with Crippen molar-refractivity contribution < 1.29 is 28.9 Å². The second-order valence-electron chi connectivity index (χ2n) is 9.90. The Morgan fingerprint density at radius 1 is 1.17 bits per heavy atom. The number of carbonyl (C=O) groups is 2. The van der Waals surface area contributed by atoms with Crippen LogP contribution in [0.5, 0.6) is 11.5 Å². The molecule has 0 saturated carbocycles. The van der Waals surface area contributed by atoms with Gasteiger partial charge in [-0.3, -0.25) is 9.59 Å². The van der Waals surface area contributed by atoms with E-state index in [1.165, 1.54) is 4.90 Å². The molecule has 4 rings (SSSR count). The van der Waals surface area contributed by atoms with Crippen molar-refractivity contribution in [1.82, 2.24) is 4.90 Å². The van der Waals surface area contributed by atoms with Crippen LogP contribution in [0.25, 0.3) is 5.76 Å². The molecule has 192 valence electrons. The van der Waals surface area contributed by atoms with Gasteiger partial charge in [0, 0.05) is 32.2 Å². The van der Waals surface area contributed by atoms with Gasteiger partial charge in [-0.1, -0.05) is 26.0 Å². The number of ether oxygens (including phenoxy) is 3. The molecular formula is C29H35NO6. The Kier molecular flexibility index (Phi) is 7.99. The van der Waals surface area contributed by atoms with Crippen molar-refractivity contribution in [3.8, 4) is 11.5 Å². The van der Waals surface area contributed by atoms with E-state index in [-0.39, 0.29) is 17.4 Å². The lowest BCUT2D eigenvalue weighted by Gasteiger charge is -2.25. The van der Waals surface area contributed by atoms with Gasteiger partial charge >= 0.3 is 0 Å². The molecule has 0 spiro atoms. The van der Waals surface area contributed by atoms with Crippen molar-refractivity contribution in [3.05, 3.63) is 64.7 Å². The van der Waals surface area contributed by atoms with Crippen LogP contribution in [0, 0.1) is 5.92 Å². The molecule has 2 unspecified atom stereocenters. The zero-order chi connectivity index (χ0) is 25.8. The maximum absolute atomic E-state index is 13.3. The second-order valence-corrected chi connectivity index (χ2v) is 9.90. The van der Waals surface area contributed by atoms with E-state index in [4.69, 9.17) is 14.2 Å². The van der Waals surface area contributed by atoms with Gasteiger partial charge in [0.1, 0.15) is 23.4 Å². The molecule has 0 bridgehead atoms. The third-order valence-corrected chi connectivity index (χ3v) is 6.59. The Labute approximate surface area is 212 Å². The number of Topliss-reactive ketones (excluding diaryl/α,β-unsaturated/α-hetero) is 1. The van der Waals surface area contributed by atoms with Crippen LogP contribution >= 0.6 is 0 Å². The molecule has 0 radical (unpaired) electrons. The van der Waals surface area contributed by atoms with Crippen molar-refractivity contribution in [2.24, 2.45) is 5.92 Å². The number of rotatable bonds is 10. The normalized spacial score (nSPS) is 20.6. The fourth-order valence-electron chi connectivity index (χ4n) is 4.75. The molecule has 7 nitrogen and oxygen atoms in total. The Hall–Kier alpha value is -3.32. The zero-order valence-corrected chi connectivity index (χ0v) is 21.5. The van der Waals surface area contributed by atoms with E-state index < -0.39 is 17.7 Å². The Balaban J connectivity index is 1.74. The highest BCUT2D eigenvalue weighted by Crippen LogP contribution is 2.41. The van der Waals surface area contributed by atoms with Crippen LogP contribution in [-0.4, -0.2) is 54.7 Å². The van der Waals surface area contributed by atoms with E-state index in [9.17, 15) is 14.7 Å². The fourth-order valence-corrected chi connectivity index (χ4v) is 4.75. The Morgan fingerprint density at radius 2 is 1.97 bits per heavy atom. The van der Waals surface area contributed by atoms with Gasteiger partial charge in [-0.2, -0.15) is 0 Å². The molecule has 2 heterocycles. The third-order valence-electron chi connectivity index (χ3n) is 6.59. The fraction of sp³-hybridized carbons (Fsp3) is 0.448. The molecule has 1 fully saturated rings. The standard InChI is InChI=1S/C29H35NO6/c1-18(2)11-14-35-23-8-5-7-20(17-23)26-25(28(32)29(33)30(26)12-6-13-34-4)27(31)21-9-10-24-22(16-21)15-19(3)36-24/h5,7-10,16-19,26,31H,6,11-15H2,1-4H3/b27-25+. The van der Waals surface area contributed by atoms with Crippen LogP contribution in [0.15, 0.2) is 48.0 Å². The van der Waals surface area contributed by atoms with Crippen molar-refractivity contribution >= 4 is 17.4 Å². The number of methoxy groups -OCH3 is 1. The summed E-state index contributed by atoms with van der Waals surface area (Å²) in [4.78, 5) is 27.9. The zero-order valence-electron chi connectivity index (χ0n) is 21.5. The summed E-state index contributed by atoms with van der Waals surface area (Å²) in [5, 5.41) is 11.4. The summed E-state index contributed by atoms with van der Waals surface area (Å²) < 4.78 is 16.9. The van der Waals surface area contributed by atoms with E-state index in [0.717, 1.165) is 24.2 Å². The lowest BCUT2D eigenvalue weighted by molar-refractivity contribution is -0.140. The minimum atomic E-state index is -0.723. The number of ketones is 1. The lowest BCUT2D eigenvalue weighted by atomic mass is 9.94. The predicted octanol–water partition coefficient (Wildman–Crippen LogP) is 4.89. The van der Waals surface area contributed by atoms with Crippen LogP contribution in [0.2, 0.25) is 0 Å². The van der Waals surface area contributed by atoms with Crippen LogP contribution in [-0.2, 0) is 20.7 Å². The molecule has 2 aliphatic heterocycles. The number of fused-ring (bicyclic) bond motifs is 1. The smallest absolute Gasteiger partial charge is 0.295 e. The first-order valence-corrected chi connectivity index (χ1v) is 12.6. The summed E-state index contributed by atoms with van der Waals surface area (Å²) in [5.74, 6) is 0.469. The van der Waals surface area contributed by atoms with E-state index in [1.54, 1.807) is 19.2 Å². The van der Waals surface area contributed by atoms with Gasteiger partial charge in [0.05, 0.1) is 18.2 Å². The second kappa shape index (κ2) is 11.2. The van der Waals surface area contributed by atoms with Crippen molar-refractivity contribution in [2.75, 3.05) is 26.9 Å². The number of aliphatic hydroxyl groups is 1. The number of carbonyl (C=O) groups excluding carboxylic acids is 2.